The summed E-state index contributed by atoms with van der Waals surface area (Å²) in [6, 6.07) is 0.321. The van der Waals surface area contributed by atoms with Crippen molar-refractivity contribution in [3.8, 4) is 0 Å². The number of hydrogen-bond donors (Lipinski definition) is 2. The smallest absolute Gasteiger partial charge is 0.222 e. The summed E-state index contributed by atoms with van der Waals surface area (Å²) in [5.74, 6) is 0.829. The van der Waals surface area contributed by atoms with E-state index in [0.29, 0.717) is 31.1 Å². The van der Waals surface area contributed by atoms with E-state index in [1.54, 1.807) is 0 Å². The molecule has 20 heavy (non-hydrogen) atoms. The fourth-order valence-electron chi connectivity index (χ4n) is 3.36. The predicted molar refractivity (Wildman–Crippen MR) is 80.6 cm³/mol. The minimum atomic E-state index is 0.150. The highest BCUT2D eigenvalue weighted by molar-refractivity contribution is 5.76. The van der Waals surface area contributed by atoms with Crippen LogP contribution in [0.2, 0.25) is 0 Å². The molecule has 0 spiro atoms. The molecule has 2 rings (SSSR count). The Morgan fingerprint density at radius 1 is 1.20 bits per heavy atom. The number of amides is 1. The van der Waals surface area contributed by atoms with Crippen LogP contribution in [0.1, 0.15) is 58.3 Å². The molecule has 0 unspecified atom stereocenters. The van der Waals surface area contributed by atoms with Gasteiger partial charge in [-0.2, -0.15) is 0 Å². The average molecular weight is 282 g/mol. The molecule has 1 aliphatic heterocycles. The molecule has 2 aliphatic rings. The Kier molecular flexibility index (Phi) is 6.80. The monoisotopic (exact) mass is 282 g/mol. The second-order valence-electron chi connectivity index (χ2n) is 6.32. The maximum atomic E-state index is 11.9. The third-order valence-electron chi connectivity index (χ3n) is 4.71. The van der Waals surface area contributed by atoms with E-state index in [9.17, 15) is 4.79 Å². The Morgan fingerprint density at radius 3 is 2.60 bits per heavy atom. The molecule has 1 heterocycles. The largest absolute Gasteiger partial charge is 0.378 e. The molecular formula is C16H30N2O2. The normalized spacial score (nSPS) is 23.4. The van der Waals surface area contributed by atoms with E-state index in [4.69, 9.17) is 4.74 Å². The molecule has 1 amide bonds. The highest BCUT2D eigenvalue weighted by Crippen LogP contribution is 2.26. The number of hydrogen-bond acceptors (Lipinski definition) is 3. The molecule has 0 aromatic carbocycles. The second kappa shape index (κ2) is 8.63. The fourth-order valence-corrected chi connectivity index (χ4v) is 3.36. The van der Waals surface area contributed by atoms with Crippen LogP contribution in [0.4, 0.5) is 0 Å². The lowest BCUT2D eigenvalue weighted by Crippen LogP contribution is -2.39. The zero-order valence-electron chi connectivity index (χ0n) is 12.8. The molecule has 0 aromatic rings. The summed E-state index contributed by atoms with van der Waals surface area (Å²) < 4.78 is 5.78. The number of carbonyl (C=O) groups is 1. The van der Waals surface area contributed by atoms with E-state index < -0.39 is 0 Å². The summed E-state index contributed by atoms with van der Waals surface area (Å²) in [6.45, 7) is 4.79. The Hall–Kier alpha value is -0.610. The molecule has 1 saturated heterocycles. The predicted octanol–water partition coefficient (Wildman–Crippen LogP) is 2.23. The number of rotatable bonds is 6. The van der Waals surface area contributed by atoms with Gasteiger partial charge >= 0.3 is 0 Å². The van der Waals surface area contributed by atoms with Gasteiger partial charge in [-0.1, -0.05) is 19.3 Å². The lowest BCUT2D eigenvalue weighted by Gasteiger charge is -2.28. The van der Waals surface area contributed by atoms with Crippen molar-refractivity contribution in [3.63, 3.8) is 0 Å². The molecule has 4 nitrogen and oxygen atoms in total. The summed E-state index contributed by atoms with van der Waals surface area (Å²) in [6.07, 6.45) is 9.54. The van der Waals surface area contributed by atoms with Gasteiger partial charge in [0, 0.05) is 12.5 Å². The van der Waals surface area contributed by atoms with Gasteiger partial charge < -0.3 is 15.4 Å². The average Bonchev–Trinajstić information content (AvgIpc) is 2.49. The van der Waals surface area contributed by atoms with Crippen molar-refractivity contribution >= 4 is 5.91 Å². The quantitative estimate of drug-likeness (QED) is 0.785. The Balaban J connectivity index is 1.57. The minimum Gasteiger partial charge on any atom is -0.378 e. The van der Waals surface area contributed by atoms with Crippen molar-refractivity contribution in [1.29, 1.82) is 0 Å². The highest BCUT2D eigenvalue weighted by atomic mass is 16.5. The van der Waals surface area contributed by atoms with Crippen molar-refractivity contribution in [2.75, 3.05) is 19.7 Å². The third-order valence-corrected chi connectivity index (χ3v) is 4.71. The summed E-state index contributed by atoms with van der Waals surface area (Å²) >= 11 is 0. The number of carbonyl (C=O) groups excluding carboxylic acids is 1. The van der Waals surface area contributed by atoms with Gasteiger partial charge in [-0.15, -0.1) is 0 Å². The highest BCUT2D eigenvalue weighted by Gasteiger charge is 2.21. The fraction of sp³-hybridized carbons (Fsp3) is 0.938. The van der Waals surface area contributed by atoms with Crippen molar-refractivity contribution in [3.05, 3.63) is 0 Å². The van der Waals surface area contributed by atoms with Crippen LogP contribution in [-0.4, -0.2) is 37.7 Å². The molecule has 4 heteroatoms. The standard InChI is InChI=1S/C16H30N2O2/c1-13(14-5-3-2-4-6-14)18-16(19)9-12-20-15-7-10-17-11-8-15/h13-15,17H,2-12H2,1H3,(H,18,19)/t13-/m0/s1. The maximum absolute atomic E-state index is 11.9. The van der Waals surface area contributed by atoms with E-state index in [-0.39, 0.29) is 5.91 Å². The molecule has 0 radical (unpaired) electrons. The van der Waals surface area contributed by atoms with Crippen molar-refractivity contribution in [2.24, 2.45) is 5.92 Å². The first-order valence-electron chi connectivity index (χ1n) is 8.37. The van der Waals surface area contributed by atoms with E-state index in [2.05, 4.69) is 17.6 Å². The van der Waals surface area contributed by atoms with Gasteiger partial charge in [0.25, 0.3) is 0 Å². The van der Waals surface area contributed by atoms with Crippen LogP contribution in [-0.2, 0) is 9.53 Å². The van der Waals surface area contributed by atoms with Crippen LogP contribution in [0.5, 0.6) is 0 Å². The summed E-state index contributed by atoms with van der Waals surface area (Å²) in [7, 11) is 0. The first kappa shape index (κ1) is 15.8. The first-order valence-corrected chi connectivity index (χ1v) is 8.37. The zero-order chi connectivity index (χ0) is 14.2. The molecule has 1 aliphatic carbocycles. The van der Waals surface area contributed by atoms with Crippen LogP contribution in [0.3, 0.4) is 0 Å². The van der Waals surface area contributed by atoms with E-state index in [0.717, 1.165) is 25.9 Å². The Bertz CT molecular complexity index is 284. The molecule has 0 bridgehead atoms. The van der Waals surface area contributed by atoms with Gasteiger partial charge in [-0.05, 0) is 51.6 Å². The van der Waals surface area contributed by atoms with Crippen LogP contribution in [0.15, 0.2) is 0 Å². The van der Waals surface area contributed by atoms with Crippen LogP contribution >= 0.6 is 0 Å². The lowest BCUT2D eigenvalue weighted by molar-refractivity contribution is -0.123. The molecule has 2 fully saturated rings. The third kappa shape index (κ3) is 5.41. The van der Waals surface area contributed by atoms with Crippen molar-refractivity contribution < 1.29 is 9.53 Å². The summed E-state index contributed by atoms with van der Waals surface area (Å²) in [5.41, 5.74) is 0. The van der Waals surface area contributed by atoms with Crippen molar-refractivity contribution in [2.45, 2.75) is 70.4 Å². The molecular weight excluding hydrogens is 252 g/mol. The van der Waals surface area contributed by atoms with Gasteiger partial charge in [-0.3, -0.25) is 4.79 Å². The molecule has 1 saturated carbocycles. The van der Waals surface area contributed by atoms with Gasteiger partial charge in [-0.25, -0.2) is 0 Å². The first-order chi connectivity index (χ1) is 9.75. The van der Waals surface area contributed by atoms with E-state index >= 15 is 0 Å². The number of nitrogens with one attached hydrogen (secondary N) is 2. The summed E-state index contributed by atoms with van der Waals surface area (Å²) in [5, 5.41) is 6.47. The maximum Gasteiger partial charge on any atom is 0.222 e. The number of ether oxygens (including phenoxy) is 1. The molecule has 0 aromatic heterocycles. The topological polar surface area (TPSA) is 50.4 Å². The van der Waals surface area contributed by atoms with Gasteiger partial charge in [0.15, 0.2) is 0 Å². The minimum absolute atomic E-state index is 0.150. The van der Waals surface area contributed by atoms with Gasteiger partial charge in [0.05, 0.1) is 12.7 Å². The second-order valence-corrected chi connectivity index (χ2v) is 6.32. The molecule has 116 valence electrons. The van der Waals surface area contributed by atoms with Gasteiger partial charge in [0.1, 0.15) is 0 Å². The zero-order valence-corrected chi connectivity index (χ0v) is 12.8. The van der Waals surface area contributed by atoms with Crippen LogP contribution in [0, 0.1) is 5.92 Å². The van der Waals surface area contributed by atoms with Crippen molar-refractivity contribution in [1.82, 2.24) is 10.6 Å². The molecule has 2 N–H and O–H groups in total. The molecule has 1 atom stereocenters. The van der Waals surface area contributed by atoms with E-state index in [1.165, 1.54) is 32.1 Å². The Labute approximate surface area is 123 Å². The van der Waals surface area contributed by atoms with E-state index in [1.807, 2.05) is 0 Å². The summed E-state index contributed by atoms with van der Waals surface area (Å²) in [4.78, 5) is 11.9. The SMILES string of the molecule is C[C@H](NC(=O)CCOC1CCNCC1)C1CCCCC1. The van der Waals surface area contributed by atoms with Crippen LogP contribution < -0.4 is 10.6 Å². The Morgan fingerprint density at radius 2 is 1.90 bits per heavy atom. The number of piperidine rings is 1. The van der Waals surface area contributed by atoms with Crippen LogP contribution in [0.25, 0.3) is 0 Å². The van der Waals surface area contributed by atoms with Gasteiger partial charge in [0.2, 0.25) is 5.91 Å². The lowest BCUT2D eigenvalue weighted by atomic mass is 9.84.